The highest BCUT2D eigenvalue weighted by Crippen LogP contribution is 2.49. The molecule has 25 heteroatoms. The van der Waals surface area contributed by atoms with E-state index in [1.807, 2.05) is 0 Å². The molecule has 1 aromatic carbocycles. The second-order valence-electron chi connectivity index (χ2n) is 12.3. The number of carbonyl (C=O) groups excluding carboxylic acids is 5. The minimum atomic E-state index is -1.96. The van der Waals surface area contributed by atoms with Crippen molar-refractivity contribution < 1.29 is 58.8 Å². The number of aromatic nitrogens is 1. The molecule has 10 N–H and O–H groups in total. The zero-order chi connectivity index (χ0) is 39.7. The van der Waals surface area contributed by atoms with Crippen LogP contribution in [-0.4, -0.2) is 149 Å². The number of nitrogens with one attached hydrogen (secondary N) is 4. The minimum absolute atomic E-state index is 0.0277. The zero-order valence-corrected chi connectivity index (χ0v) is 30.6. The number of nitrogens with two attached hydrogens (primary N) is 1. The second-order valence-corrected chi connectivity index (χ2v) is 14.9. The van der Waals surface area contributed by atoms with E-state index in [2.05, 4.69) is 31.5 Å². The molecule has 3 aliphatic rings. The van der Waals surface area contributed by atoms with Crippen molar-refractivity contribution in [3.05, 3.63) is 33.8 Å². The van der Waals surface area contributed by atoms with E-state index in [0.29, 0.717) is 0 Å². The van der Waals surface area contributed by atoms with Gasteiger partial charge in [-0.25, -0.2) is 24.8 Å². The van der Waals surface area contributed by atoms with Crippen molar-refractivity contribution in [2.75, 3.05) is 45.0 Å². The van der Waals surface area contributed by atoms with Crippen molar-refractivity contribution in [3.63, 3.8) is 0 Å². The van der Waals surface area contributed by atoms with Crippen molar-refractivity contribution >= 4 is 87.1 Å². The summed E-state index contributed by atoms with van der Waals surface area (Å²) < 4.78 is 0. The molecular weight excluding hydrogens is 780 g/mol. The van der Waals surface area contributed by atoms with Crippen LogP contribution in [0.5, 0.6) is 11.5 Å². The van der Waals surface area contributed by atoms with E-state index < -0.39 is 93.8 Å². The highest BCUT2D eigenvalue weighted by Gasteiger charge is 2.66. The molecule has 0 aliphatic carbocycles. The molecule has 0 radical (unpaired) electrons. The van der Waals surface area contributed by atoms with Crippen molar-refractivity contribution in [2.45, 2.75) is 35.7 Å². The molecule has 3 aliphatic heterocycles. The lowest BCUT2D eigenvalue weighted by Gasteiger charge is -2.41. The van der Waals surface area contributed by atoms with Crippen molar-refractivity contribution in [1.29, 1.82) is 0 Å². The maximum Gasteiger partial charge on any atom is 0.350 e. The van der Waals surface area contributed by atoms with Crippen molar-refractivity contribution in [1.82, 2.24) is 41.2 Å². The van der Waals surface area contributed by atoms with Gasteiger partial charge in [0, 0.05) is 25.0 Å². The first kappa shape index (κ1) is 39.6. The number of urea groups is 1. The largest absolute Gasteiger partial charge is 0.504 e. The van der Waals surface area contributed by atoms with Crippen LogP contribution in [0.2, 0.25) is 5.02 Å². The van der Waals surface area contributed by atoms with E-state index >= 15 is 0 Å². The Labute approximate surface area is 317 Å². The molecule has 2 aromatic rings. The zero-order valence-electron chi connectivity index (χ0n) is 28.2. The number of phenols is 2. The molecule has 22 nitrogen and oxygen atoms in total. The number of carboxylic acids is 2. The molecule has 6 amide bonds. The number of anilines is 1. The van der Waals surface area contributed by atoms with E-state index in [1.165, 1.54) is 30.2 Å². The van der Waals surface area contributed by atoms with E-state index in [1.54, 1.807) is 0 Å². The third kappa shape index (κ3) is 7.71. The smallest absolute Gasteiger partial charge is 0.350 e. The fourth-order valence-corrected chi connectivity index (χ4v) is 7.70. The molecule has 0 bridgehead atoms. The Morgan fingerprint density at radius 2 is 1.83 bits per heavy atom. The molecule has 4 heterocycles. The summed E-state index contributed by atoms with van der Waals surface area (Å²) in [7, 11) is 0. The molecule has 1 aromatic heterocycles. The summed E-state index contributed by atoms with van der Waals surface area (Å²) >= 11 is 7.60. The van der Waals surface area contributed by atoms with Crippen LogP contribution in [0.15, 0.2) is 22.7 Å². The SMILES string of the molecule is CC(C)(O/N=C(\C(=O)NC1C(=O)N2CC(C(=O)O)(N3CCN(NCC(=O)NCCNC(=O)c4ccc(O)c(O)c4Cl)C3=O)S[C@H]12)c1csc(N)n1)C(=O)O. The topological polar surface area (TPSA) is 319 Å². The Balaban J connectivity index is 1.15. The van der Waals surface area contributed by atoms with Gasteiger partial charge in [0.2, 0.25) is 22.3 Å². The summed E-state index contributed by atoms with van der Waals surface area (Å²) in [5.41, 5.74) is 5.83. The highest BCUT2D eigenvalue weighted by atomic mass is 35.5. The Morgan fingerprint density at radius 3 is 2.48 bits per heavy atom. The number of β-lactam (4-membered cyclic amide) rings is 1. The Bertz CT molecular complexity index is 1950. The van der Waals surface area contributed by atoms with Gasteiger partial charge in [0.15, 0.2) is 22.3 Å². The fourth-order valence-electron chi connectivity index (χ4n) is 5.27. The molecule has 3 atom stereocenters. The molecule has 0 saturated carbocycles. The van der Waals surface area contributed by atoms with Crippen molar-refractivity contribution in [2.24, 2.45) is 5.16 Å². The van der Waals surface area contributed by atoms with Crippen LogP contribution in [0.1, 0.15) is 29.9 Å². The number of rotatable bonds is 15. The number of carboxylic acid groups (broad SMARTS) is 2. The maximum atomic E-state index is 13.4. The fraction of sp³-hybridized carbons (Fsp3) is 0.414. The number of thioether (sulfide) groups is 1. The summed E-state index contributed by atoms with van der Waals surface area (Å²) in [5.74, 6) is -6.84. The molecule has 0 spiro atoms. The van der Waals surface area contributed by atoms with Gasteiger partial charge in [-0.1, -0.05) is 28.5 Å². The standard InChI is InChI=1S/C29H33ClN10O12S2/c1-28(2,24(47)48)52-37-17(13-10-53-26(31)35-13)21(45)36-18-22(46)38-11-29(25(49)50,54-23(18)38)39-7-8-40(27(39)51)34-9-15(42)32-5-6-33-20(44)12-3-4-14(41)19(43)16(12)30/h3-4,10,18,23,34,41,43H,5-9,11H2,1-2H3,(H2,31,35)(H,32,42)(H,33,44)(H,36,45)(H,47,48)(H,49,50)/b37-17-/t18?,23-,29?/m1/s1. The number of hydrogen-bond acceptors (Lipinski definition) is 16. The molecule has 3 saturated heterocycles. The lowest BCUT2D eigenvalue weighted by molar-refractivity contribution is -0.161. The predicted octanol–water partition coefficient (Wildman–Crippen LogP) is -1.66. The van der Waals surface area contributed by atoms with Gasteiger partial charge < -0.3 is 51.8 Å². The molecule has 290 valence electrons. The number of fused-ring (bicyclic) bond motifs is 1. The van der Waals surface area contributed by atoms with Gasteiger partial charge in [-0.2, -0.15) is 0 Å². The van der Waals surface area contributed by atoms with Gasteiger partial charge in [-0.05, 0) is 26.0 Å². The van der Waals surface area contributed by atoms with E-state index in [4.69, 9.17) is 22.2 Å². The number of carbonyl (C=O) groups is 7. The Hall–Kier alpha value is -5.59. The summed E-state index contributed by atoms with van der Waals surface area (Å²) in [6.45, 7) is 1.37. The lowest BCUT2D eigenvalue weighted by atomic mass is 10.1. The third-order valence-corrected chi connectivity index (χ3v) is 11.0. The number of phenolic OH excluding ortho intramolecular Hbond substituents is 2. The summed E-state index contributed by atoms with van der Waals surface area (Å²) in [6, 6.07) is 0.247. The molecule has 5 rings (SSSR count). The number of amides is 6. The third-order valence-electron chi connectivity index (χ3n) is 8.27. The number of aromatic hydroxyl groups is 2. The number of aliphatic carboxylic acids is 2. The number of benzene rings is 1. The van der Waals surface area contributed by atoms with Crippen LogP contribution in [0, 0.1) is 0 Å². The number of oxime groups is 1. The molecule has 3 fully saturated rings. The first-order valence-electron chi connectivity index (χ1n) is 15.7. The number of halogens is 1. The number of thiazole rings is 1. The average Bonchev–Trinajstić information content (AvgIpc) is 3.82. The molecule has 2 unspecified atom stereocenters. The van der Waals surface area contributed by atoms with E-state index in [9.17, 15) is 54.0 Å². The van der Waals surface area contributed by atoms with Crippen LogP contribution >= 0.6 is 34.7 Å². The monoisotopic (exact) mass is 812 g/mol. The van der Waals surface area contributed by atoms with Gasteiger partial charge in [-0.3, -0.25) is 29.1 Å². The number of hydrogen-bond donors (Lipinski definition) is 9. The van der Waals surface area contributed by atoms with Crippen LogP contribution in [0.3, 0.4) is 0 Å². The van der Waals surface area contributed by atoms with E-state index in [-0.39, 0.29) is 47.6 Å². The Kier molecular flexibility index (Phi) is 11.3. The van der Waals surface area contributed by atoms with E-state index in [0.717, 1.165) is 39.1 Å². The van der Waals surface area contributed by atoms with Crippen LogP contribution < -0.4 is 27.1 Å². The lowest BCUT2D eigenvalue weighted by Crippen LogP contribution is -2.68. The first-order chi connectivity index (χ1) is 25.4. The normalized spacial score (nSPS) is 21.0. The van der Waals surface area contributed by atoms with Gasteiger partial charge in [0.25, 0.3) is 11.8 Å². The molecular formula is C29H33ClN10O12S2. The summed E-state index contributed by atoms with van der Waals surface area (Å²) in [5, 5.41) is 51.3. The Morgan fingerprint density at radius 1 is 1.13 bits per heavy atom. The maximum absolute atomic E-state index is 13.4. The van der Waals surface area contributed by atoms with Gasteiger partial charge in [0.1, 0.15) is 17.1 Å². The van der Waals surface area contributed by atoms with Crippen LogP contribution in [0.25, 0.3) is 0 Å². The highest BCUT2D eigenvalue weighted by molar-refractivity contribution is 8.02. The predicted molar refractivity (Wildman–Crippen MR) is 188 cm³/mol. The van der Waals surface area contributed by atoms with Crippen LogP contribution in [-0.2, 0) is 28.8 Å². The van der Waals surface area contributed by atoms with Gasteiger partial charge in [0.05, 0.1) is 30.2 Å². The number of nitrogen functional groups attached to an aromatic ring is 1. The van der Waals surface area contributed by atoms with Crippen molar-refractivity contribution in [3.8, 4) is 11.5 Å². The first-order valence-corrected chi connectivity index (χ1v) is 17.8. The average molecular weight is 813 g/mol. The summed E-state index contributed by atoms with van der Waals surface area (Å²) in [4.78, 5) is 98.3. The summed E-state index contributed by atoms with van der Waals surface area (Å²) in [6.07, 6.45) is 0. The minimum Gasteiger partial charge on any atom is -0.504 e. The number of hydrazine groups is 1. The van der Waals surface area contributed by atoms with Gasteiger partial charge >= 0.3 is 18.0 Å². The second kappa shape index (κ2) is 15.4. The number of nitrogens with zero attached hydrogens (tertiary/aromatic N) is 5. The quantitative estimate of drug-likeness (QED) is 0.0320. The van der Waals surface area contributed by atoms with Crippen LogP contribution in [0.4, 0.5) is 9.93 Å². The van der Waals surface area contributed by atoms with Gasteiger partial charge in [-0.15, -0.1) is 11.3 Å². The molecule has 54 heavy (non-hydrogen) atoms.